The van der Waals surface area contributed by atoms with Gasteiger partial charge in [-0.1, -0.05) is 13.0 Å². The lowest BCUT2D eigenvalue weighted by molar-refractivity contribution is -0.146. The average Bonchev–Trinajstić information content (AvgIpc) is 3.04. The normalized spacial score (nSPS) is 11.0. The molecule has 0 aliphatic rings. The third-order valence-electron chi connectivity index (χ3n) is 3.67. The van der Waals surface area contributed by atoms with E-state index in [0.717, 1.165) is 0 Å². The van der Waals surface area contributed by atoms with E-state index in [1.807, 2.05) is 0 Å². The van der Waals surface area contributed by atoms with Crippen LogP contribution in [0, 0.1) is 0 Å². The smallest absolute Gasteiger partial charge is 0.331 e. The lowest BCUT2D eigenvalue weighted by Crippen LogP contribution is -2.35. The van der Waals surface area contributed by atoms with Gasteiger partial charge in [0, 0.05) is 23.9 Å². The highest BCUT2D eigenvalue weighted by molar-refractivity contribution is 6.05. The SMILES string of the molecule is CCC(=O)Nc1cccc(C(=O)Nc2cnn(C(C)(C)C(=O)O)c2)c1. The van der Waals surface area contributed by atoms with Crippen LogP contribution in [-0.4, -0.2) is 32.7 Å². The van der Waals surface area contributed by atoms with Crippen molar-refractivity contribution in [2.75, 3.05) is 10.6 Å². The molecule has 8 nitrogen and oxygen atoms in total. The Morgan fingerprint density at radius 1 is 1.20 bits per heavy atom. The molecule has 0 radical (unpaired) electrons. The van der Waals surface area contributed by atoms with Gasteiger partial charge >= 0.3 is 5.97 Å². The van der Waals surface area contributed by atoms with Gasteiger partial charge in [-0.05, 0) is 32.0 Å². The highest BCUT2D eigenvalue weighted by Gasteiger charge is 2.30. The Bertz CT molecular complexity index is 810. The maximum absolute atomic E-state index is 12.3. The van der Waals surface area contributed by atoms with Crippen molar-refractivity contribution in [1.82, 2.24) is 9.78 Å². The summed E-state index contributed by atoms with van der Waals surface area (Å²) in [6.45, 7) is 4.75. The van der Waals surface area contributed by atoms with Gasteiger partial charge in [0.05, 0.1) is 11.9 Å². The number of benzene rings is 1. The number of carboxylic acids is 1. The molecule has 2 amide bonds. The molecule has 25 heavy (non-hydrogen) atoms. The minimum Gasteiger partial charge on any atom is -0.479 e. The molecule has 8 heteroatoms. The fraction of sp³-hybridized carbons (Fsp3) is 0.294. The molecule has 2 aromatic rings. The van der Waals surface area contributed by atoms with Crippen molar-refractivity contribution in [3.8, 4) is 0 Å². The van der Waals surface area contributed by atoms with Crippen molar-refractivity contribution in [3.05, 3.63) is 42.2 Å². The quantitative estimate of drug-likeness (QED) is 0.744. The van der Waals surface area contributed by atoms with Crippen molar-refractivity contribution in [3.63, 3.8) is 0 Å². The fourth-order valence-electron chi connectivity index (χ4n) is 1.98. The summed E-state index contributed by atoms with van der Waals surface area (Å²) in [5.41, 5.74) is 0.0385. The van der Waals surface area contributed by atoms with Gasteiger partial charge in [-0.2, -0.15) is 5.10 Å². The summed E-state index contributed by atoms with van der Waals surface area (Å²) in [6, 6.07) is 6.53. The molecule has 132 valence electrons. The van der Waals surface area contributed by atoms with E-state index in [1.54, 1.807) is 31.2 Å². The summed E-state index contributed by atoms with van der Waals surface area (Å²) >= 11 is 0. The molecule has 0 aliphatic heterocycles. The van der Waals surface area contributed by atoms with E-state index in [-0.39, 0.29) is 11.8 Å². The van der Waals surface area contributed by atoms with E-state index in [9.17, 15) is 19.5 Å². The molecule has 0 unspecified atom stereocenters. The second-order valence-corrected chi connectivity index (χ2v) is 5.97. The molecule has 0 saturated heterocycles. The molecule has 0 aliphatic carbocycles. The average molecular weight is 344 g/mol. The first-order valence-corrected chi connectivity index (χ1v) is 7.74. The molecule has 1 aromatic carbocycles. The van der Waals surface area contributed by atoms with Crippen molar-refractivity contribution >= 4 is 29.2 Å². The molecular formula is C17H20N4O4. The lowest BCUT2D eigenvalue weighted by Gasteiger charge is -2.19. The molecular weight excluding hydrogens is 324 g/mol. The predicted octanol–water partition coefficient (Wildman–Crippen LogP) is 2.30. The molecule has 3 N–H and O–H groups in total. The minimum atomic E-state index is -1.23. The number of aromatic nitrogens is 2. The highest BCUT2D eigenvalue weighted by atomic mass is 16.4. The van der Waals surface area contributed by atoms with Crippen LogP contribution in [0.1, 0.15) is 37.6 Å². The number of aliphatic carboxylic acids is 1. The molecule has 1 aromatic heterocycles. The zero-order chi connectivity index (χ0) is 18.6. The van der Waals surface area contributed by atoms with E-state index in [2.05, 4.69) is 15.7 Å². The largest absolute Gasteiger partial charge is 0.479 e. The second kappa shape index (κ2) is 7.16. The zero-order valence-corrected chi connectivity index (χ0v) is 14.2. The van der Waals surface area contributed by atoms with Gasteiger partial charge in [-0.25, -0.2) is 4.79 Å². The Balaban J connectivity index is 2.13. The summed E-state index contributed by atoms with van der Waals surface area (Å²) in [7, 11) is 0. The minimum absolute atomic E-state index is 0.144. The number of anilines is 2. The van der Waals surface area contributed by atoms with Crippen LogP contribution in [0.3, 0.4) is 0 Å². The first-order chi connectivity index (χ1) is 11.7. The summed E-state index contributed by atoms with van der Waals surface area (Å²) in [4.78, 5) is 35.0. The van der Waals surface area contributed by atoms with Crippen molar-refractivity contribution < 1.29 is 19.5 Å². The molecule has 1 heterocycles. The first-order valence-electron chi connectivity index (χ1n) is 7.74. The van der Waals surface area contributed by atoms with Gasteiger partial charge in [0.2, 0.25) is 5.91 Å². The Morgan fingerprint density at radius 2 is 1.92 bits per heavy atom. The van der Waals surface area contributed by atoms with Crippen molar-refractivity contribution in [2.45, 2.75) is 32.7 Å². The maximum Gasteiger partial charge on any atom is 0.331 e. The Hall–Kier alpha value is -3.16. The highest BCUT2D eigenvalue weighted by Crippen LogP contribution is 2.18. The predicted molar refractivity (Wildman–Crippen MR) is 92.5 cm³/mol. The number of carbonyl (C=O) groups is 3. The third kappa shape index (κ3) is 4.23. The number of nitrogens with zero attached hydrogens (tertiary/aromatic N) is 2. The lowest BCUT2D eigenvalue weighted by atomic mass is 10.1. The van der Waals surface area contributed by atoms with Crippen LogP contribution in [0.15, 0.2) is 36.7 Å². The van der Waals surface area contributed by atoms with Crippen LogP contribution in [0.2, 0.25) is 0 Å². The van der Waals surface area contributed by atoms with Crippen LogP contribution in [0.4, 0.5) is 11.4 Å². The third-order valence-corrected chi connectivity index (χ3v) is 3.67. The van der Waals surface area contributed by atoms with Gasteiger partial charge in [0.25, 0.3) is 5.91 Å². The Morgan fingerprint density at radius 3 is 2.56 bits per heavy atom. The number of amides is 2. The molecule has 2 rings (SSSR count). The molecule has 0 bridgehead atoms. The number of hydrogen-bond donors (Lipinski definition) is 3. The van der Waals surface area contributed by atoms with Gasteiger partial charge < -0.3 is 15.7 Å². The van der Waals surface area contributed by atoms with Gasteiger partial charge in [0.15, 0.2) is 5.54 Å². The van der Waals surface area contributed by atoms with E-state index >= 15 is 0 Å². The fourth-order valence-corrected chi connectivity index (χ4v) is 1.98. The van der Waals surface area contributed by atoms with Crippen molar-refractivity contribution in [2.24, 2.45) is 0 Å². The van der Waals surface area contributed by atoms with Crippen molar-refractivity contribution in [1.29, 1.82) is 0 Å². The molecule has 0 fully saturated rings. The van der Waals surface area contributed by atoms with E-state index in [0.29, 0.717) is 23.4 Å². The van der Waals surface area contributed by atoms with Crippen LogP contribution in [-0.2, 0) is 15.1 Å². The number of rotatable bonds is 6. The molecule has 0 atom stereocenters. The summed E-state index contributed by atoms with van der Waals surface area (Å²) in [6.07, 6.45) is 3.18. The summed E-state index contributed by atoms with van der Waals surface area (Å²) in [5.74, 6) is -1.57. The Labute approximate surface area is 144 Å². The number of hydrogen-bond acceptors (Lipinski definition) is 4. The van der Waals surface area contributed by atoms with Crippen LogP contribution in [0.5, 0.6) is 0 Å². The van der Waals surface area contributed by atoms with Gasteiger partial charge in [-0.15, -0.1) is 0 Å². The van der Waals surface area contributed by atoms with Crippen LogP contribution < -0.4 is 10.6 Å². The maximum atomic E-state index is 12.3. The number of carbonyl (C=O) groups excluding carboxylic acids is 2. The second-order valence-electron chi connectivity index (χ2n) is 5.97. The molecule has 0 spiro atoms. The zero-order valence-electron chi connectivity index (χ0n) is 14.2. The van der Waals surface area contributed by atoms with Gasteiger partial charge in [-0.3, -0.25) is 14.3 Å². The molecule has 0 saturated carbocycles. The van der Waals surface area contributed by atoms with Crippen LogP contribution >= 0.6 is 0 Å². The summed E-state index contributed by atoms with van der Waals surface area (Å²) in [5, 5.41) is 18.5. The monoisotopic (exact) mass is 344 g/mol. The summed E-state index contributed by atoms with van der Waals surface area (Å²) < 4.78 is 1.27. The first kappa shape index (κ1) is 18.2. The Kier molecular flexibility index (Phi) is 5.21. The number of nitrogens with one attached hydrogen (secondary N) is 2. The van der Waals surface area contributed by atoms with Crippen LogP contribution in [0.25, 0.3) is 0 Å². The topological polar surface area (TPSA) is 113 Å². The van der Waals surface area contributed by atoms with E-state index in [1.165, 1.54) is 30.9 Å². The van der Waals surface area contributed by atoms with E-state index < -0.39 is 11.5 Å². The number of carboxylic acid groups (broad SMARTS) is 1. The van der Waals surface area contributed by atoms with E-state index in [4.69, 9.17) is 0 Å². The standard InChI is InChI=1S/C17H20N4O4/c1-4-14(22)19-12-7-5-6-11(8-12)15(23)20-13-9-18-21(10-13)17(2,3)16(24)25/h5-10H,4H2,1-3H3,(H,19,22)(H,20,23)(H,24,25). The van der Waals surface area contributed by atoms with Gasteiger partial charge in [0.1, 0.15) is 0 Å².